The number of benzene rings is 1. The highest BCUT2D eigenvalue weighted by atomic mass is 79.9. The second kappa shape index (κ2) is 5.28. The van der Waals surface area contributed by atoms with Crippen molar-refractivity contribution in [3.05, 3.63) is 40.6 Å². The molecule has 104 valence electrons. The summed E-state index contributed by atoms with van der Waals surface area (Å²) in [5.41, 5.74) is 1.85. The zero-order valence-corrected chi connectivity index (χ0v) is 12.3. The summed E-state index contributed by atoms with van der Waals surface area (Å²) in [5.74, 6) is 0.768. The van der Waals surface area contributed by atoms with Gasteiger partial charge in [0.25, 0.3) is 0 Å². The number of hydrogen-bond acceptors (Lipinski definition) is 2. The van der Waals surface area contributed by atoms with Crippen molar-refractivity contribution in [2.75, 3.05) is 6.54 Å². The lowest BCUT2D eigenvalue weighted by atomic mass is 10.1. The molecule has 0 spiro atoms. The van der Waals surface area contributed by atoms with Crippen LogP contribution in [0.2, 0.25) is 0 Å². The summed E-state index contributed by atoms with van der Waals surface area (Å²) in [5, 5.41) is 9.19. The van der Waals surface area contributed by atoms with Crippen LogP contribution in [0, 0.1) is 0 Å². The number of likely N-dealkylation sites (tertiary alicyclic amines) is 1. The second-order valence-corrected chi connectivity index (χ2v) is 5.74. The van der Waals surface area contributed by atoms with Gasteiger partial charge in [0.15, 0.2) is 0 Å². The van der Waals surface area contributed by atoms with Crippen LogP contribution in [0.25, 0.3) is 11.4 Å². The maximum absolute atomic E-state index is 11.2. The molecule has 1 aromatic carbocycles. The third-order valence-corrected chi connectivity index (χ3v) is 4.10. The molecule has 5 nitrogen and oxygen atoms in total. The van der Waals surface area contributed by atoms with Gasteiger partial charge in [-0.2, -0.15) is 0 Å². The van der Waals surface area contributed by atoms with E-state index >= 15 is 0 Å². The van der Waals surface area contributed by atoms with Gasteiger partial charge < -0.3 is 10.1 Å². The van der Waals surface area contributed by atoms with E-state index in [9.17, 15) is 9.90 Å². The molecule has 1 unspecified atom stereocenters. The van der Waals surface area contributed by atoms with E-state index in [1.165, 1.54) is 4.90 Å². The first-order valence-electron chi connectivity index (χ1n) is 6.45. The first kappa shape index (κ1) is 13.2. The Kier molecular flexibility index (Phi) is 3.48. The summed E-state index contributed by atoms with van der Waals surface area (Å²) in [7, 11) is 0. The van der Waals surface area contributed by atoms with Crippen molar-refractivity contribution < 1.29 is 9.90 Å². The Hall–Kier alpha value is -1.82. The minimum absolute atomic E-state index is 0.107. The summed E-state index contributed by atoms with van der Waals surface area (Å²) < 4.78 is 1.01. The molecule has 1 atom stereocenters. The quantitative estimate of drug-likeness (QED) is 0.879. The molecule has 1 saturated heterocycles. The van der Waals surface area contributed by atoms with E-state index in [1.54, 1.807) is 6.20 Å². The normalized spacial score (nSPS) is 18.4. The van der Waals surface area contributed by atoms with Crippen molar-refractivity contribution >= 4 is 22.0 Å². The molecule has 1 aromatic heterocycles. The first-order valence-corrected chi connectivity index (χ1v) is 7.25. The lowest BCUT2D eigenvalue weighted by Gasteiger charge is -2.19. The average molecular weight is 336 g/mol. The zero-order valence-electron chi connectivity index (χ0n) is 10.7. The van der Waals surface area contributed by atoms with Crippen LogP contribution in [0.4, 0.5) is 4.79 Å². The van der Waals surface area contributed by atoms with E-state index in [4.69, 9.17) is 0 Å². The van der Waals surface area contributed by atoms with Gasteiger partial charge in [-0.05, 0) is 25.0 Å². The topological polar surface area (TPSA) is 69.2 Å². The number of aromatic amines is 1. The van der Waals surface area contributed by atoms with E-state index in [2.05, 4.69) is 25.9 Å². The largest absolute Gasteiger partial charge is 0.465 e. The van der Waals surface area contributed by atoms with Gasteiger partial charge in [0, 0.05) is 16.6 Å². The van der Waals surface area contributed by atoms with Crippen molar-refractivity contribution in [1.29, 1.82) is 0 Å². The maximum Gasteiger partial charge on any atom is 0.407 e. The fourth-order valence-corrected chi connectivity index (χ4v) is 2.84. The number of carbonyl (C=O) groups is 1. The molecule has 1 aliphatic heterocycles. The summed E-state index contributed by atoms with van der Waals surface area (Å²) >= 11 is 3.40. The predicted molar refractivity (Wildman–Crippen MR) is 78.4 cm³/mol. The van der Waals surface area contributed by atoms with Crippen LogP contribution in [-0.2, 0) is 0 Å². The number of carboxylic acid groups (broad SMARTS) is 1. The van der Waals surface area contributed by atoms with Gasteiger partial charge in [0.05, 0.1) is 17.9 Å². The summed E-state index contributed by atoms with van der Waals surface area (Å²) in [6.07, 6.45) is 2.61. The number of H-pyrrole nitrogens is 1. The van der Waals surface area contributed by atoms with Crippen LogP contribution >= 0.6 is 15.9 Å². The van der Waals surface area contributed by atoms with Crippen molar-refractivity contribution in [3.63, 3.8) is 0 Å². The minimum atomic E-state index is -0.868. The Bertz CT molecular complexity index is 624. The third kappa shape index (κ3) is 2.43. The molecule has 0 aliphatic carbocycles. The molecular formula is C14H14BrN3O2. The average Bonchev–Trinajstić information content (AvgIpc) is 3.08. The number of nitrogens with zero attached hydrogens (tertiary/aromatic N) is 2. The van der Waals surface area contributed by atoms with Gasteiger partial charge in [-0.25, -0.2) is 9.78 Å². The molecule has 20 heavy (non-hydrogen) atoms. The van der Waals surface area contributed by atoms with Gasteiger partial charge >= 0.3 is 6.09 Å². The molecule has 3 rings (SSSR count). The number of aromatic nitrogens is 2. The summed E-state index contributed by atoms with van der Waals surface area (Å²) in [6, 6.07) is 7.74. The van der Waals surface area contributed by atoms with Gasteiger partial charge in [-0.1, -0.05) is 28.1 Å². The molecule has 1 aliphatic rings. The zero-order chi connectivity index (χ0) is 14.1. The highest BCUT2D eigenvalue weighted by molar-refractivity contribution is 9.10. The Balaban J connectivity index is 1.86. The molecule has 1 amide bonds. The number of nitrogens with one attached hydrogen (secondary N) is 1. The highest BCUT2D eigenvalue weighted by Crippen LogP contribution is 2.32. The SMILES string of the molecule is O=C(O)N1CCCC1c1cnc(-c2ccc(Br)cc2)[nH]1. The number of imidazole rings is 1. The standard InChI is InChI=1S/C14H14BrN3O2/c15-10-5-3-9(4-6-10)13-16-8-11(17-13)12-2-1-7-18(12)14(19)20/h3-6,8,12H,1-2,7H2,(H,16,17)(H,19,20). The predicted octanol–water partition coefficient (Wildman–Crippen LogP) is 3.65. The molecule has 2 N–H and O–H groups in total. The van der Waals surface area contributed by atoms with Crippen LogP contribution in [0.3, 0.4) is 0 Å². The van der Waals surface area contributed by atoms with Crippen LogP contribution in [0.5, 0.6) is 0 Å². The van der Waals surface area contributed by atoms with Crippen molar-refractivity contribution in [2.45, 2.75) is 18.9 Å². The number of halogens is 1. The van der Waals surface area contributed by atoms with E-state index in [-0.39, 0.29) is 6.04 Å². The molecule has 0 saturated carbocycles. The minimum Gasteiger partial charge on any atom is -0.465 e. The summed E-state index contributed by atoms with van der Waals surface area (Å²) in [6.45, 7) is 0.590. The molecule has 0 bridgehead atoms. The van der Waals surface area contributed by atoms with Crippen LogP contribution in [0.1, 0.15) is 24.6 Å². The van der Waals surface area contributed by atoms with E-state index in [0.29, 0.717) is 6.54 Å². The molecule has 2 aromatic rings. The van der Waals surface area contributed by atoms with Gasteiger partial charge in [-0.3, -0.25) is 4.90 Å². The number of amides is 1. The van der Waals surface area contributed by atoms with Gasteiger partial charge in [-0.15, -0.1) is 0 Å². The number of rotatable bonds is 2. The monoisotopic (exact) mass is 335 g/mol. The first-order chi connectivity index (χ1) is 9.65. The third-order valence-electron chi connectivity index (χ3n) is 3.57. The van der Waals surface area contributed by atoms with E-state index in [0.717, 1.165) is 34.4 Å². The fraction of sp³-hybridized carbons (Fsp3) is 0.286. The number of hydrogen-bond donors (Lipinski definition) is 2. The second-order valence-electron chi connectivity index (χ2n) is 4.83. The Labute approximate surface area is 124 Å². The van der Waals surface area contributed by atoms with Crippen LogP contribution in [-0.4, -0.2) is 32.6 Å². The van der Waals surface area contributed by atoms with Crippen molar-refractivity contribution in [2.24, 2.45) is 0 Å². The van der Waals surface area contributed by atoms with Crippen LogP contribution in [0.15, 0.2) is 34.9 Å². The van der Waals surface area contributed by atoms with E-state index in [1.807, 2.05) is 24.3 Å². The smallest absolute Gasteiger partial charge is 0.407 e. The van der Waals surface area contributed by atoms with Gasteiger partial charge in [0.1, 0.15) is 5.82 Å². The fourth-order valence-electron chi connectivity index (χ4n) is 2.58. The van der Waals surface area contributed by atoms with Crippen molar-refractivity contribution in [1.82, 2.24) is 14.9 Å². The maximum atomic E-state index is 11.2. The lowest BCUT2D eigenvalue weighted by molar-refractivity contribution is 0.139. The Morgan fingerprint density at radius 2 is 2.15 bits per heavy atom. The molecular weight excluding hydrogens is 322 g/mol. The highest BCUT2D eigenvalue weighted by Gasteiger charge is 2.31. The van der Waals surface area contributed by atoms with Crippen molar-refractivity contribution in [3.8, 4) is 11.4 Å². The molecule has 6 heteroatoms. The van der Waals surface area contributed by atoms with Crippen LogP contribution < -0.4 is 0 Å². The lowest BCUT2D eigenvalue weighted by Crippen LogP contribution is -2.28. The Morgan fingerprint density at radius 3 is 2.85 bits per heavy atom. The molecule has 0 radical (unpaired) electrons. The summed E-state index contributed by atoms with van der Waals surface area (Å²) in [4.78, 5) is 20.3. The Morgan fingerprint density at radius 1 is 1.40 bits per heavy atom. The van der Waals surface area contributed by atoms with Gasteiger partial charge in [0.2, 0.25) is 0 Å². The molecule has 1 fully saturated rings. The van der Waals surface area contributed by atoms with E-state index < -0.39 is 6.09 Å². The molecule has 2 heterocycles.